The zero-order valence-electron chi connectivity index (χ0n) is 7.81. The van der Waals surface area contributed by atoms with Crippen LogP contribution < -0.4 is 0 Å². The summed E-state index contributed by atoms with van der Waals surface area (Å²) in [5, 5.41) is 0. The van der Waals surface area contributed by atoms with E-state index in [-0.39, 0.29) is 0 Å². The van der Waals surface area contributed by atoms with Gasteiger partial charge in [0.2, 0.25) is 0 Å². The van der Waals surface area contributed by atoms with Gasteiger partial charge in [0.25, 0.3) is 0 Å². The smallest absolute Gasteiger partial charge is 0.279 e. The Hall–Kier alpha value is 0.130. The summed E-state index contributed by atoms with van der Waals surface area (Å²) in [5.41, 5.74) is -5.53. The van der Waals surface area contributed by atoms with Crippen LogP contribution in [0.3, 0.4) is 0 Å². The molecule has 0 rings (SSSR count). The largest absolute Gasteiger partial charge is 0.522 e. The van der Waals surface area contributed by atoms with Crippen molar-refractivity contribution in [1.82, 2.24) is 0 Å². The van der Waals surface area contributed by atoms with Gasteiger partial charge in [0.05, 0.1) is 0 Å². The average molecular weight is 242 g/mol. The summed E-state index contributed by atoms with van der Waals surface area (Å²) in [6, 6.07) is 0. The molecule has 0 heterocycles. The molecule has 8 heteroatoms. The zero-order chi connectivity index (χ0) is 11.5. The van der Waals surface area contributed by atoms with Crippen LogP contribution in [0.25, 0.3) is 0 Å². The van der Waals surface area contributed by atoms with E-state index in [4.69, 9.17) is 13.0 Å². The summed E-state index contributed by atoms with van der Waals surface area (Å²) < 4.78 is 57.5. The Kier molecular flexibility index (Phi) is 5.48. The number of hydrogen-bond donors (Lipinski definition) is 1. The first-order chi connectivity index (χ1) is 5.25. The maximum atomic E-state index is 10.7. The van der Waals surface area contributed by atoms with E-state index in [0.717, 1.165) is 0 Å². The van der Waals surface area contributed by atoms with Crippen molar-refractivity contribution in [2.45, 2.75) is 5.51 Å². The quantitative estimate of drug-likeness (QED) is 0.399. The van der Waals surface area contributed by atoms with Gasteiger partial charge in [-0.3, -0.25) is 4.55 Å². The van der Waals surface area contributed by atoms with Gasteiger partial charge in [0.1, 0.15) is 0 Å². The van der Waals surface area contributed by atoms with Crippen LogP contribution in [-0.2, 0) is 10.1 Å². The number of alkyl halides is 3. The first-order valence-electron chi connectivity index (χ1n) is 3.29. The van der Waals surface area contributed by atoms with Crippen LogP contribution in [0.15, 0.2) is 0 Å². The summed E-state index contributed by atoms with van der Waals surface area (Å²) in [5.74, 6) is 0. The van der Waals surface area contributed by atoms with E-state index in [1.54, 1.807) is 0 Å². The molecule has 0 saturated heterocycles. The Balaban J connectivity index is 0. The van der Waals surface area contributed by atoms with Gasteiger partial charge >= 0.3 is 49.5 Å². The van der Waals surface area contributed by atoms with Crippen molar-refractivity contribution in [3.63, 3.8) is 0 Å². The first kappa shape index (κ1) is 15.6. The second-order valence-corrected chi connectivity index (χ2v) is 11.3. The molecule has 0 aliphatic heterocycles. The number of rotatable bonds is 0. The van der Waals surface area contributed by atoms with Crippen LogP contribution in [0.4, 0.5) is 13.2 Å². The van der Waals surface area contributed by atoms with Gasteiger partial charge in [-0.2, -0.15) is 21.6 Å². The molecule has 0 atom stereocenters. The van der Waals surface area contributed by atoms with Gasteiger partial charge in [-0.15, -0.1) is 0 Å². The molecule has 0 aliphatic rings. The molecule has 0 aromatic rings. The van der Waals surface area contributed by atoms with E-state index >= 15 is 0 Å². The molecule has 0 fully saturated rings. The predicted octanol–water partition coefficient (Wildman–Crippen LogP) is 1.65. The fraction of sp³-hybridized carbons (Fsp3) is 1.00. The van der Waals surface area contributed by atoms with Crippen LogP contribution in [0.1, 0.15) is 0 Å². The van der Waals surface area contributed by atoms with Crippen molar-refractivity contribution in [1.29, 1.82) is 0 Å². The molecule has 0 saturated carbocycles. The monoisotopic (exact) mass is 242 g/mol. The summed E-state index contributed by atoms with van der Waals surface area (Å²) in [6.45, 7) is 9.31. The Morgan fingerprint density at radius 2 is 1.15 bits per heavy atom. The van der Waals surface area contributed by atoms with E-state index in [1.165, 1.54) is 0 Å². The Morgan fingerprint density at radius 3 is 1.15 bits per heavy atom. The Morgan fingerprint density at radius 1 is 1.08 bits per heavy atom. The standard InChI is InChI=1S/C4H13P.CHF3O3S/c1-5(2,3)4;2-1(3,4)8(5,6)7/h5H,1-4H3;(H,5,6,7). The predicted molar refractivity (Wildman–Crippen MR) is 49.6 cm³/mol. The van der Waals surface area contributed by atoms with Crippen LogP contribution >= 0.6 is 7.26 Å². The van der Waals surface area contributed by atoms with Crippen molar-refractivity contribution < 1.29 is 26.1 Å². The van der Waals surface area contributed by atoms with Gasteiger partial charge in [0.15, 0.2) is 0 Å². The molecule has 84 valence electrons. The molecule has 1 N–H and O–H groups in total. The summed E-state index contributed by atoms with van der Waals surface area (Å²) >= 11 is 0. The van der Waals surface area contributed by atoms with Crippen LogP contribution in [-0.4, -0.2) is 45.1 Å². The molecule has 0 aliphatic carbocycles. The van der Waals surface area contributed by atoms with Crippen molar-refractivity contribution in [3.8, 4) is 0 Å². The van der Waals surface area contributed by atoms with E-state index in [9.17, 15) is 13.2 Å². The Labute approximate surface area is 76.4 Å². The van der Waals surface area contributed by atoms with E-state index in [2.05, 4.69) is 26.7 Å². The number of hydrogen-bond acceptors (Lipinski definition) is 2. The molecule has 0 aromatic heterocycles. The third kappa shape index (κ3) is 14.9. The minimum absolute atomic E-state index is 0.611. The van der Waals surface area contributed by atoms with E-state index in [1.807, 2.05) is 0 Å². The molecule has 0 unspecified atom stereocenters. The van der Waals surface area contributed by atoms with Gasteiger partial charge in [-0.1, -0.05) is 0 Å². The third-order valence-corrected chi connectivity index (χ3v) is 0.877. The van der Waals surface area contributed by atoms with E-state index in [0.29, 0.717) is 0 Å². The topological polar surface area (TPSA) is 54.4 Å². The van der Waals surface area contributed by atoms with Gasteiger partial charge in [-0.25, -0.2) is 0 Å². The van der Waals surface area contributed by atoms with Crippen molar-refractivity contribution >= 4 is 17.4 Å². The molecule has 0 radical (unpaired) electrons. The molecule has 3 nitrogen and oxygen atoms in total. The second kappa shape index (κ2) is 4.57. The van der Waals surface area contributed by atoms with E-state index < -0.39 is 22.9 Å². The molecule has 0 bridgehead atoms. The SMILES string of the molecule is C[PH](C)(C)C.O=S(=O)(O)C(F)(F)F. The molecule has 0 spiro atoms. The molecular weight excluding hydrogens is 228 g/mol. The normalized spacial score (nSPS) is 14.5. The minimum Gasteiger partial charge on any atom is -0.279 e. The Bertz CT molecular complexity index is 233. The summed E-state index contributed by atoms with van der Waals surface area (Å²) in [6.07, 6.45) is 0. The minimum atomic E-state index is -5.84. The first-order valence-corrected chi connectivity index (χ1v) is 8.73. The molecule has 13 heavy (non-hydrogen) atoms. The van der Waals surface area contributed by atoms with Gasteiger partial charge in [0, 0.05) is 0 Å². The maximum Gasteiger partial charge on any atom is 0.522 e. The molecule has 0 amide bonds. The van der Waals surface area contributed by atoms with Crippen molar-refractivity contribution in [2.75, 3.05) is 26.7 Å². The van der Waals surface area contributed by atoms with Crippen molar-refractivity contribution in [2.24, 2.45) is 0 Å². The number of halogens is 3. The summed E-state index contributed by atoms with van der Waals surface area (Å²) in [7, 11) is -6.45. The van der Waals surface area contributed by atoms with Crippen LogP contribution in [0.2, 0.25) is 0 Å². The summed E-state index contributed by atoms with van der Waals surface area (Å²) in [4.78, 5) is 0. The van der Waals surface area contributed by atoms with Gasteiger partial charge in [-0.05, 0) is 0 Å². The zero-order valence-corrected chi connectivity index (χ0v) is 9.62. The van der Waals surface area contributed by atoms with Crippen LogP contribution in [0.5, 0.6) is 0 Å². The average Bonchev–Trinajstić information content (AvgIpc) is 1.50. The van der Waals surface area contributed by atoms with Gasteiger partial charge < -0.3 is 0 Å². The van der Waals surface area contributed by atoms with Crippen molar-refractivity contribution in [3.05, 3.63) is 0 Å². The maximum absolute atomic E-state index is 10.7. The molecular formula is C5H14F3O3PS. The second-order valence-electron chi connectivity index (χ2n) is 3.92. The molecule has 0 aromatic carbocycles. The fourth-order valence-electron chi connectivity index (χ4n) is 0. The van der Waals surface area contributed by atoms with Crippen LogP contribution in [0, 0.1) is 0 Å². The fourth-order valence-corrected chi connectivity index (χ4v) is 0. The third-order valence-electron chi connectivity index (χ3n) is 0.292.